The standard InChI is InChI=1S/C38H55F3N4O2/c1-7-21-45(35-17-23-44(5)24-18-35)22-11-14-33-15-16-34(27-37(33)46-6)43-31(4)42-28-36(38(39,40)41)30(3)20-26-47-25-19-29(2)32-12-9-8-10-13-32/h8-10,12-13,15-16,27-29,35H,3,7,11,14,17-26H2,1-2,4-6H3,(H,42,43)/b36-28+. The number of aliphatic imine (C=N–C) groups is 1. The molecule has 1 atom stereocenters. The van der Waals surface area contributed by atoms with Crippen LogP contribution in [0.4, 0.5) is 18.9 Å². The first-order valence-electron chi connectivity index (χ1n) is 17.0. The van der Waals surface area contributed by atoms with Gasteiger partial charge in [-0.2, -0.15) is 13.2 Å². The second-order valence-corrected chi connectivity index (χ2v) is 12.6. The number of amidine groups is 1. The minimum atomic E-state index is -4.58. The Hall–Kier alpha value is -3.14. The van der Waals surface area contributed by atoms with Gasteiger partial charge in [-0.15, -0.1) is 0 Å². The van der Waals surface area contributed by atoms with Gasteiger partial charge < -0.3 is 24.6 Å². The molecule has 0 bridgehead atoms. The minimum absolute atomic E-state index is 0.0514. The molecule has 0 spiro atoms. The van der Waals surface area contributed by atoms with Crippen LogP contribution in [0.5, 0.6) is 5.75 Å². The van der Waals surface area contributed by atoms with Crippen LogP contribution in [0.2, 0.25) is 0 Å². The summed E-state index contributed by atoms with van der Waals surface area (Å²) >= 11 is 0. The molecule has 2 aromatic rings. The molecule has 9 heteroatoms. The number of hydrogen-bond donors (Lipinski definition) is 1. The zero-order valence-electron chi connectivity index (χ0n) is 29.0. The fourth-order valence-corrected chi connectivity index (χ4v) is 6.03. The average molecular weight is 657 g/mol. The van der Waals surface area contributed by atoms with Crippen LogP contribution in [0.15, 0.2) is 77.4 Å². The second kappa shape index (κ2) is 19.6. The third-order valence-corrected chi connectivity index (χ3v) is 8.90. The van der Waals surface area contributed by atoms with E-state index in [0.717, 1.165) is 69.4 Å². The third kappa shape index (κ3) is 13.1. The van der Waals surface area contributed by atoms with Crippen LogP contribution in [0.25, 0.3) is 0 Å². The summed E-state index contributed by atoms with van der Waals surface area (Å²) in [6.45, 7) is 14.8. The Bertz CT molecular complexity index is 1290. The molecule has 0 aromatic heterocycles. The quantitative estimate of drug-likeness (QED) is 0.0752. The van der Waals surface area contributed by atoms with Crippen LogP contribution in [0.3, 0.4) is 0 Å². The van der Waals surface area contributed by atoms with E-state index in [1.807, 2.05) is 36.4 Å². The Labute approximate surface area is 280 Å². The van der Waals surface area contributed by atoms with E-state index in [4.69, 9.17) is 9.47 Å². The van der Waals surface area contributed by atoms with E-state index in [1.165, 1.54) is 18.4 Å². The molecule has 2 aromatic carbocycles. The molecule has 1 aliphatic heterocycles. The summed E-state index contributed by atoms with van der Waals surface area (Å²) in [7, 11) is 3.84. The van der Waals surface area contributed by atoms with E-state index in [1.54, 1.807) is 14.0 Å². The van der Waals surface area contributed by atoms with Crippen molar-refractivity contribution in [3.63, 3.8) is 0 Å². The average Bonchev–Trinajstić information content (AvgIpc) is 3.04. The molecule has 0 aliphatic carbocycles. The number of benzene rings is 2. The Morgan fingerprint density at radius 3 is 2.51 bits per heavy atom. The van der Waals surface area contributed by atoms with Gasteiger partial charge in [0.05, 0.1) is 19.3 Å². The number of hydrogen-bond acceptors (Lipinski definition) is 5. The maximum Gasteiger partial charge on any atom is 0.418 e. The Morgan fingerprint density at radius 2 is 1.85 bits per heavy atom. The highest BCUT2D eigenvalue weighted by molar-refractivity contribution is 5.94. The highest BCUT2D eigenvalue weighted by Gasteiger charge is 2.35. The topological polar surface area (TPSA) is 49.3 Å². The molecule has 1 saturated heterocycles. The molecule has 6 nitrogen and oxygen atoms in total. The Morgan fingerprint density at radius 1 is 1.13 bits per heavy atom. The van der Waals surface area contributed by atoms with Gasteiger partial charge in [-0.1, -0.05) is 56.8 Å². The normalized spacial score (nSPS) is 16.0. The van der Waals surface area contributed by atoms with Gasteiger partial charge in [0, 0.05) is 30.6 Å². The van der Waals surface area contributed by atoms with Crippen LogP contribution in [0, 0.1) is 0 Å². The number of nitrogens with zero attached hydrogens (tertiary/aromatic N) is 3. The molecule has 0 radical (unpaired) electrons. The molecule has 1 fully saturated rings. The Kier molecular flexibility index (Phi) is 16.0. The zero-order valence-corrected chi connectivity index (χ0v) is 29.0. The highest BCUT2D eigenvalue weighted by Crippen LogP contribution is 2.32. The van der Waals surface area contributed by atoms with Crippen molar-refractivity contribution < 1.29 is 22.6 Å². The number of methoxy groups -OCH3 is 1. The van der Waals surface area contributed by atoms with Crippen LogP contribution in [-0.2, 0) is 11.2 Å². The fraction of sp³-hybridized carbons (Fsp3) is 0.553. The number of aryl methyl sites for hydroxylation is 1. The lowest BCUT2D eigenvalue weighted by Gasteiger charge is -2.37. The lowest BCUT2D eigenvalue weighted by atomic mass is 9.98. The lowest BCUT2D eigenvalue weighted by Crippen LogP contribution is -2.44. The van der Waals surface area contributed by atoms with Crippen molar-refractivity contribution in [2.24, 2.45) is 4.99 Å². The maximum absolute atomic E-state index is 13.9. The van der Waals surface area contributed by atoms with Gasteiger partial charge in [-0.05, 0) is 114 Å². The van der Waals surface area contributed by atoms with Gasteiger partial charge >= 0.3 is 6.18 Å². The van der Waals surface area contributed by atoms with Crippen molar-refractivity contribution in [3.8, 4) is 5.75 Å². The van der Waals surface area contributed by atoms with Crippen molar-refractivity contribution in [2.45, 2.75) is 83.9 Å². The van der Waals surface area contributed by atoms with Gasteiger partial charge in [0.2, 0.25) is 0 Å². The molecule has 1 N–H and O–H groups in total. The molecule has 0 amide bonds. The maximum atomic E-state index is 13.9. The Balaban J connectivity index is 1.52. The summed E-state index contributed by atoms with van der Waals surface area (Å²) in [4.78, 5) is 9.15. The van der Waals surface area contributed by atoms with Gasteiger partial charge in [-0.3, -0.25) is 0 Å². The number of rotatable bonds is 18. The van der Waals surface area contributed by atoms with Crippen molar-refractivity contribution in [1.29, 1.82) is 0 Å². The summed E-state index contributed by atoms with van der Waals surface area (Å²) in [5.41, 5.74) is 2.12. The summed E-state index contributed by atoms with van der Waals surface area (Å²) in [6.07, 6.45) is 2.63. The van der Waals surface area contributed by atoms with Crippen molar-refractivity contribution in [1.82, 2.24) is 9.80 Å². The van der Waals surface area contributed by atoms with Gasteiger partial charge in [0.25, 0.3) is 0 Å². The molecule has 1 heterocycles. The number of alkyl halides is 3. The van der Waals surface area contributed by atoms with Gasteiger partial charge in [0.15, 0.2) is 0 Å². The molecular weight excluding hydrogens is 601 g/mol. The summed E-state index contributed by atoms with van der Waals surface area (Å²) in [5, 5.41) is 3.10. The molecule has 1 unspecified atom stereocenters. The van der Waals surface area contributed by atoms with E-state index < -0.39 is 11.7 Å². The van der Waals surface area contributed by atoms with Crippen LogP contribution >= 0.6 is 0 Å². The van der Waals surface area contributed by atoms with Gasteiger partial charge in [0.1, 0.15) is 11.6 Å². The molecule has 260 valence electrons. The number of halogens is 3. The van der Waals surface area contributed by atoms with Crippen LogP contribution < -0.4 is 10.1 Å². The first kappa shape index (κ1) is 38.3. The molecule has 1 aliphatic rings. The summed E-state index contributed by atoms with van der Waals surface area (Å²) < 4.78 is 53.0. The van der Waals surface area contributed by atoms with E-state index >= 15 is 0 Å². The predicted molar refractivity (Wildman–Crippen MR) is 189 cm³/mol. The third-order valence-electron chi connectivity index (χ3n) is 8.90. The predicted octanol–water partition coefficient (Wildman–Crippen LogP) is 8.87. The smallest absolute Gasteiger partial charge is 0.418 e. The number of piperidine rings is 1. The lowest BCUT2D eigenvalue weighted by molar-refractivity contribution is -0.0898. The van der Waals surface area contributed by atoms with Crippen molar-refractivity contribution >= 4 is 11.5 Å². The highest BCUT2D eigenvalue weighted by atomic mass is 19.4. The van der Waals surface area contributed by atoms with E-state index in [2.05, 4.69) is 59.7 Å². The SMILES string of the molecule is C=C(CCOCCC(C)c1ccccc1)/C(=C\N=C(C)Nc1ccc(CCCN(CCC)C2CCN(C)CC2)c(OC)c1)C(F)(F)F. The van der Waals surface area contributed by atoms with E-state index in [-0.39, 0.29) is 18.6 Å². The monoisotopic (exact) mass is 656 g/mol. The summed E-state index contributed by atoms with van der Waals surface area (Å²) in [6, 6.07) is 16.6. The van der Waals surface area contributed by atoms with E-state index in [9.17, 15) is 13.2 Å². The molecular formula is C38H55F3N4O2. The fourth-order valence-electron chi connectivity index (χ4n) is 6.03. The first-order chi connectivity index (χ1) is 22.5. The molecule has 3 rings (SSSR count). The summed E-state index contributed by atoms with van der Waals surface area (Å²) in [5.74, 6) is 1.39. The number of ether oxygens (including phenoxy) is 2. The number of nitrogens with one attached hydrogen (secondary N) is 1. The number of allylic oxidation sites excluding steroid dienone is 1. The number of likely N-dealkylation sites (tertiary alicyclic amines) is 1. The van der Waals surface area contributed by atoms with Gasteiger partial charge in [-0.25, -0.2) is 4.99 Å². The minimum Gasteiger partial charge on any atom is -0.496 e. The van der Waals surface area contributed by atoms with Crippen LogP contribution in [0.1, 0.15) is 76.3 Å². The van der Waals surface area contributed by atoms with Crippen LogP contribution in [-0.4, -0.2) is 81.4 Å². The molecule has 0 saturated carbocycles. The number of anilines is 1. The second-order valence-electron chi connectivity index (χ2n) is 12.6. The van der Waals surface area contributed by atoms with Crippen molar-refractivity contribution in [3.05, 3.63) is 83.6 Å². The molecule has 47 heavy (non-hydrogen) atoms. The largest absolute Gasteiger partial charge is 0.496 e. The van der Waals surface area contributed by atoms with Crippen molar-refractivity contribution in [2.75, 3.05) is 58.9 Å². The van der Waals surface area contributed by atoms with E-state index in [0.29, 0.717) is 30.1 Å². The zero-order chi connectivity index (χ0) is 34.2. The first-order valence-corrected chi connectivity index (χ1v) is 17.0.